The maximum absolute atomic E-state index is 12.0. The SMILES string of the molecule is NS(=O)(=O)c1ccc(C(=O)NCC(=O)NCC(=O)NCC(=O)N[C@@H](Cc2ccccc2)C(=O)O)cc1. The summed E-state index contributed by atoms with van der Waals surface area (Å²) in [4.78, 5) is 59.0. The average Bonchev–Trinajstić information content (AvgIpc) is 2.84. The molecule has 0 aliphatic heterocycles. The first-order valence-corrected chi connectivity index (χ1v) is 12.0. The summed E-state index contributed by atoms with van der Waals surface area (Å²) in [5, 5.41) is 23.4. The molecule has 0 aromatic heterocycles. The zero-order valence-corrected chi connectivity index (χ0v) is 19.7. The van der Waals surface area contributed by atoms with E-state index in [0.29, 0.717) is 5.56 Å². The van der Waals surface area contributed by atoms with Gasteiger partial charge in [0.2, 0.25) is 27.7 Å². The molecule has 7 N–H and O–H groups in total. The molecule has 0 aliphatic rings. The van der Waals surface area contributed by atoms with Crippen molar-refractivity contribution in [3.63, 3.8) is 0 Å². The lowest BCUT2D eigenvalue weighted by Gasteiger charge is -2.15. The van der Waals surface area contributed by atoms with E-state index in [4.69, 9.17) is 5.14 Å². The molecular weight excluding hydrogens is 494 g/mol. The van der Waals surface area contributed by atoms with Crippen molar-refractivity contribution in [1.29, 1.82) is 0 Å². The van der Waals surface area contributed by atoms with E-state index in [-0.39, 0.29) is 16.9 Å². The molecule has 0 aliphatic carbocycles. The summed E-state index contributed by atoms with van der Waals surface area (Å²) in [7, 11) is -3.90. The fourth-order valence-electron chi connectivity index (χ4n) is 2.84. The molecule has 14 heteroatoms. The van der Waals surface area contributed by atoms with Crippen molar-refractivity contribution in [2.24, 2.45) is 5.14 Å². The van der Waals surface area contributed by atoms with Crippen LogP contribution in [0.1, 0.15) is 15.9 Å². The molecule has 0 unspecified atom stereocenters. The first kappa shape index (κ1) is 27.9. The minimum Gasteiger partial charge on any atom is -0.480 e. The van der Waals surface area contributed by atoms with Gasteiger partial charge in [-0.15, -0.1) is 0 Å². The molecule has 0 heterocycles. The third-order valence-electron chi connectivity index (χ3n) is 4.66. The summed E-state index contributed by atoms with van der Waals surface area (Å²) in [5.74, 6) is -4.01. The molecule has 192 valence electrons. The maximum atomic E-state index is 12.0. The predicted octanol–water partition coefficient (Wildman–Crippen LogP) is -1.89. The maximum Gasteiger partial charge on any atom is 0.326 e. The first-order chi connectivity index (χ1) is 17.0. The average molecular weight is 520 g/mol. The summed E-state index contributed by atoms with van der Waals surface area (Å²) in [6, 6.07) is 12.2. The molecule has 0 saturated heterocycles. The van der Waals surface area contributed by atoms with E-state index in [1.807, 2.05) is 0 Å². The number of nitrogens with one attached hydrogen (secondary N) is 4. The van der Waals surface area contributed by atoms with E-state index < -0.39 is 65.3 Å². The Morgan fingerprint density at radius 1 is 0.778 bits per heavy atom. The quantitative estimate of drug-likeness (QED) is 0.186. The van der Waals surface area contributed by atoms with Crippen molar-refractivity contribution < 1.29 is 37.5 Å². The Morgan fingerprint density at radius 2 is 1.31 bits per heavy atom. The van der Waals surface area contributed by atoms with E-state index in [0.717, 1.165) is 12.1 Å². The summed E-state index contributed by atoms with van der Waals surface area (Å²) in [6.45, 7) is -1.46. The second-order valence-electron chi connectivity index (χ2n) is 7.45. The van der Waals surface area contributed by atoms with Crippen LogP contribution < -0.4 is 26.4 Å². The molecule has 36 heavy (non-hydrogen) atoms. The van der Waals surface area contributed by atoms with Crippen LogP contribution in [-0.2, 0) is 35.6 Å². The lowest BCUT2D eigenvalue weighted by molar-refractivity contribution is -0.141. The van der Waals surface area contributed by atoms with Gasteiger partial charge in [0.05, 0.1) is 24.5 Å². The van der Waals surface area contributed by atoms with Crippen LogP contribution in [0.25, 0.3) is 0 Å². The fraction of sp³-hybridized carbons (Fsp3) is 0.227. The third kappa shape index (κ3) is 9.52. The predicted molar refractivity (Wildman–Crippen MR) is 126 cm³/mol. The number of amides is 4. The number of rotatable bonds is 12. The molecule has 0 radical (unpaired) electrons. The molecule has 4 amide bonds. The molecule has 0 bridgehead atoms. The number of benzene rings is 2. The van der Waals surface area contributed by atoms with E-state index in [2.05, 4.69) is 21.3 Å². The third-order valence-corrected chi connectivity index (χ3v) is 5.59. The minimum absolute atomic E-state index is 0.0634. The van der Waals surface area contributed by atoms with Crippen LogP contribution in [0, 0.1) is 0 Å². The van der Waals surface area contributed by atoms with Gasteiger partial charge in [0.25, 0.3) is 5.91 Å². The highest BCUT2D eigenvalue weighted by Gasteiger charge is 2.20. The first-order valence-electron chi connectivity index (χ1n) is 10.5. The van der Waals surface area contributed by atoms with Gasteiger partial charge < -0.3 is 26.4 Å². The number of hydrogen-bond acceptors (Lipinski definition) is 7. The van der Waals surface area contributed by atoms with Gasteiger partial charge in [0, 0.05) is 12.0 Å². The van der Waals surface area contributed by atoms with Crippen molar-refractivity contribution in [3.05, 3.63) is 65.7 Å². The highest BCUT2D eigenvalue weighted by Crippen LogP contribution is 2.08. The second-order valence-corrected chi connectivity index (χ2v) is 9.02. The van der Waals surface area contributed by atoms with Crippen LogP contribution in [0.2, 0.25) is 0 Å². The molecule has 1 atom stereocenters. The summed E-state index contributed by atoms with van der Waals surface area (Å²) in [6.07, 6.45) is 0.0634. The zero-order valence-electron chi connectivity index (χ0n) is 18.9. The van der Waals surface area contributed by atoms with Gasteiger partial charge in [-0.05, 0) is 29.8 Å². The molecule has 0 fully saturated rings. The number of carboxylic acids is 1. The Hall–Kier alpha value is -4.30. The number of carbonyl (C=O) groups is 5. The Bertz CT molecular complexity index is 1220. The Morgan fingerprint density at radius 3 is 1.83 bits per heavy atom. The van der Waals surface area contributed by atoms with Crippen molar-refractivity contribution in [3.8, 4) is 0 Å². The van der Waals surface area contributed by atoms with Gasteiger partial charge in [-0.1, -0.05) is 30.3 Å². The molecule has 2 aromatic rings. The lowest BCUT2D eigenvalue weighted by atomic mass is 10.1. The van der Waals surface area contributed by atoms with Crippen molar-refractivity contribution >= 4 is 39.6 Å². The van der Waals surface area contributed by atoms with E-state index in [1.54, 1.807) is 30.3 Å². The van der Waals surface area contributed by atoms with Crippen molar-refractivity contribution in [2.45, 2.75) is 17.4 Å². The summed E-state index contributed by atoms with van der Waals surface area (Å²) in [5.41, 5.74) is 0.801. The molecular formula is C22H25N5O8S. The monoisotopic (exact) mass is 519 g/mol. The van der Waals surface area contributed by atoms with Crippen LogP contribution in [0.4, 0.5) is 0 Å². The normalized spacial score (nSPS) is 11.6. The van der Waals surface area contributed by atoms with E-state index >= 15 is 0 Å². The Kier molecular flexibility index (Phi) is 10.1. The Labute approximate surface area is 206 Å². The zero-order chi connectivity index (χ0) is 26.7. The van der Waals surface area contributed by atoms with Crippen LogP contribution >= 0.6 is 0 Å². The molecule has 0 spiro atoms. The van der Waals surface area contributed by atoms with Gasteiger partial charge in [0.1, 0.15) is 6.04 Å². The number of carbonyl (C=O) groups excluding carboxylic acids is 4. The topological polar surface area (TPSA) is 214 Å². The highest BCUT2D eigenvalue weighted by atomic mass is 32.2. The molecule has 2 aromatic carbocycles. The fourth-order valence-corrected chi connectivity index (χ4v) is 3.35. The molecule has 2 rings (SSSR count). The van der Waals surface area contributed by atoms with Gasteiger partial charge >= 0.3 is 5.97 Å². The van der Waals surface area contributed by atoms with Crippen LogP contribution in [0.15, 0.2) is 59.5 Å². The van der Waals surface area contributed by atoms with Gasteiger partial charge in [0.15, 0.2) is 0 Å². The number of carboxylic acid groups (broad SMARTS) is 1. The van der Waals surface area contributed by atoms with Crippen LogP contribution in [0.3, 0.4) is 0 Å². The summed E-state index contributed by atoms with van der Waals surface area (Å²) >= 11 is 0. The number of nitrogens with two attached hydrogens (primary N) is 1. The van der Waals surface area contributed by atoms with Gasteiger partial charge in [-0.25, -0.2) is 18.4 Å². The second kappa shape index (κ2) is 13.0. The number of aliphatic carboxylic acids is 1. The van der Waals surface area contributed by atoms with E-state index in [1.165, 1.54) is 12.1 Å². The minimum atomic E-state index is -3.90. The van der Waals surface area contributed by atoms with Crippen molar-refractivity contribution in [2.75, 3.05) is 19.6 Å². The standard InChI is InChI=1S/C22H25N5O8S/c23-36(34,35)16-8-6-15(7-9-16)21(31)26-12-19(29)24-11-18(28)25-13-20(30)27-17(22(32)33)10-14-4-2-1-3-5-14/h1-9,17H,10-13H2,(H,24,29)(H,25,28)(H,26,31)(H,27,30)(H,32,33)(H2,23,34,35)/t17-/m0/s1. The number of sulfonamides is 1. The van der Waals surface area contributed by atoms with Crippen molar-refractivity contribution in [1.82, 2.24) is 21.3 Å². The van der Waals surface area contributed by atoms with Gasteiger partial charge in [-0.3, -0.25) is 19.2 Å². The van der Waals surface area contributed by atoms with Crippen LogP contribution in [-0.4, -0.2) is 68.8 Å². The number of primary sulfonamides is 1. The lowest BCUT2D eigenvalue weighted by Crippen LogP contribution is -2.48. The van der Waals surface area contributed by atoms with Gasteiger partial charge in [-0.2, -0.15) is 0 Å². The number of hydrogen-bond donors (Lipinski definition) is 6. The van der Waals surface area contributed by atoms with Crippen LogP contribution in [0.5, 0.6) is 0 Å². The largest absolute Gasteiger partial charge is 0.480 e. The summed E-state index contributed by atoms with van der Waals surface area (Å²) < 4.78 is 22.5. The molecule has 13 nitrogen and oxygen atoms in total. The Balaban J connectivity index is 1.70. The molecule has 0 saturated carbocycles. The highest BCUT2D eigenvalue weighted by molar-refractivity contribution is 7.89. The smallest absolute Gasteiger partial charge is 0.326 e. The van der Waals surface area contributed by atoms with E-state index in [9.17, 15) is 37.5 Å².